The smallest absolute Gasteiger partial charge is 0.263 e. The Morgan fingerprint density at radius 2 is 2.00 bits per heavy atom. The lowest BCUT2D eigenvalue weighted by Crippen LogP contribution is -2.33. The van der Waals surface area contributed by atoms with Crippen LogP contribution in [-0.2, 0) is 14.9 Å². The fraction of sp³-hybridized carbons (Fsp3) is 0.364. The zero-order valence-electron chi connectivity index (χ0n) is 10.2. The number of halogens is 1. The zero-order valence-corrected chi connectivity index (χ0v) is 11.8. The normalized spacial score (nSPS) is 12.2. The summed E-state index contributed by atoms with van der Waals surface area (Å²) < 4.78 is 23.8. The Morgan fingerprint density at radius 3 is 2.44 bits per heavy atom. The summed E-state index contributed by atoms with van der Waals surface area (Å²) >= 11 is 5.82. The molecule has 0 saturated carbocycles. The van der Waals surface area contributed by atoms with E-state index in [1.165, 1.54) is 18.2 Å². The van der Waals surface area contributed by atoms with Gasteiger partial charge in [0.25, 0.3) is 10.0 Å². The largest absolute Gasteiger partial charge is 0.281 e. The first-order valence-corrected chi connectivity index (χ1v) is 6.91. The van der Waals surface area contributed by atoms with Gasteiger partial charge in [0.05, 0.1) is 22.3 Å². The van der Waals surface area contributed by atoms with Crippen LogP contribution in [-0.4, -0.2) is 14.0 Å². The average Bonchev–Trinajstić information content (AvgIpc) is 2.25. The fourth-order valence-electron chi connectivity index (χ4n) is 1.01. The van der Waals surface area contributed by atoms with Crippen LogP contribution in [0.25, 0.3) is 0 Å². The van der Waals surface area contributed by atoms with Crippen molar-refractivity contribution in [2.75, 3.05) is 0 Å². The Labute approximate surface area is 111 Å². The third-order valence-corrected chi connectivity index (χ3v) is 3.47. The first-order valence-electron chi connectivity index (χ1n) is 5.05. The second-order valence-electron chi connectivity index (χ2n) is 4.56. The summed E-state index contributed by atoms with van der Waals surface area (Å²) in [5, 5.41) is 8.64. The molecule has 0 unspecified atom stereocenters. The van der Waals surface area contributed by atoms with E-state index < -0.39 is 15.6 Å². The van der Waals surface area contributed by atoms with Crippen LogP contribution < -0.4 is 4.89 Å². The number of nitriles is 1. The van der Waals surface area contributed by atoms with Crippen molar-refractivity contribution in [3.63, 3.8) is 0 Å². The number of nitrogens with one attached hydrogen (secondary N) is 1. The van der Waals surface area contributed by atoms with E-state index >= 15 is 0 Å². The molecule has 0 aromatic heterocycles. The molecular weight excluding hydrogens is 276 g/mol. The molecule has 0 spiro atoms. The van der Waals surface area contributed by atoms with E-state index in [0.717, 1.165) is 0 Å². The summed E-state index contributed by atoms with van der Waals surface area (Å²) in [7, 11) is -3.86. The van der Waals surface area contributed by atoms with Crippen molar-refractivity contribution in [2.24, 2.45) is 0 Å². The molecule has 7 heteroatoms. The molecule has 0 bridgehead atoms. The Balaban J connectivity index is 3.03. The molecule has 0 heterocycles. The van der Waals surface area contributed by atoms with E-state index in [2.05, 4.69) is 0 Å². The molecule has 1 aromatic carbocycles. The molecule has 0 atom stereocenters. The number of nitrogens with zero attached hydrogens (tertiary/aromatic N) is 1. The minimum absolute atomic E-state index is 0.0286. The molecular formula is C11H13ClN2O3S. The number of hydrogen-bond donors (Lipinski definition) is 1. The quantitative estimate of drug-likeness (QED) is 0.865. The maximum absolute atomic E-state index is 11.9. The molecule has 0 aliphatic carbocycles. The molecule has 1 N–H and O–H groups in total. The molecule has 0 fully saturated rings. The highest BCUT2D eigenvalue weighted by Crippen LogP contribution is 2.22. The van der Waals surface area contributed by atoms with Gasteiger partial charge in [-0.05, 0) is 39.0 Å². The Kier molecular flexibility index (Phi) is 4.35. The monoisotopic (exact) mass is 288 g/mol. The van der Waals surface area contributed by atoms with Gasteiger partial charge in [-0.1, -0.05) is 16.5 Å². The van der Waals surface area contributed by atoms with E-state index in [1.807, 2.05) is 11.0 Å². The van der Waals surface area contributed by atoms with E-state index in [-0.39, 0.29) is 15.5 Å². The van der Waals surface area contributed by atoms with Crippen molar-refractivity contribution in [1.82, 2.24) is 4.89 Å². The van der Waals surface area contributed by atoms with Crippen LogP contribution in [0.3, 0.4) is 0 Å². The van der Waals surface area contributed by atoms with E-state index in [0.29, 0.717) is 0 Å². The van der Waals surface area contributed by atoms with Crippen LogP contribution in [0.1, 0.15) is 26.3 Å². The minimum atomic E-state index is -3.86. The topological polar surface area (TPSA) is 79.2 Å². The van der Waals surface area contributed by atoms with Crippen LogP contribution in [0.15, 0.2) is 23.1 Å². The molecule has 5 nitrogen and oxygen atoms in total. The third-order valence-electron chi connectivity index (χ3n) is 1.81. The van der Waals surface area contributed by atoms with Crippen molar-refractivity contribution >= 4 is 21.6 Å². The number of benzene rings is 1. The number of hydrogen-bond acceptors (Lipinski definition) is 4. The maximum Gasteiger partial charge on any atom is 0.263 e. The molecule has 0 aliphatic heterocycles. The highest BCUT2D eigenvalue weighted by molar-refractivity contribution is 7.89. The van der Waals surface area contributed by atoms with Crippen molar-refractivity contribution < 1.29 is 13.3 Å². The van der Waals surface area contributed by atoms with Gasteiger partial charge in [0.1, 0.15) is 4.90 Å². The van der Waals surface area contributed by atoms with Gasteiger partial charge >= 0.3 is 0 Å². The molecule has 1 aromatic rings. The highest BCUT2D eigenvalue weighted by atomic mass is 35.5. The van der Waals surface area contributed by atoms with Crippen LogP contribution >= 0.6 is 11.6 Å². The molecule has 18 heavy (non-hydrogen) atoms. The summed E-state index contributed by atoms with van der Waals surface area (Å²) in [6.07, 6.45) is 0. The summed E-state index contributed by atoms with van der Waals surface area (Å²) in [6, 6.07) is 5.79. The van der Waals surface area contributed by atoms with E-state index in [1.54, 1.807) is 20.8 Å². The van der Waals surface area contributed by atoms with Gasteiger partial charge in [-0.15, -0.1) is 0 Å². The van der Waals surface area contributed by atoms with Crippen LogP contribution in [0.5, 0.6) is 0 Å². The first kappa shape index (κ1) is 14.9. The van der Waals surface area contributed by atoms with Crippen molar-refractivity contribution in [3.05, 3.63) is 28.8 Å². The molecule has 0 aliphatic rings. The van der Waals surface area contributed by atoms with Crippen molar-refractivity contribution in [3.8, 4) is 6.07 Å². The Morgan fingerprint density at radius 1 is 1.39 bits per heavy atom. The third kappa shape index (κ3) is 3.96. The molecule has 98 valence electrons. The molecule has 0 saturated heterocycles. The van der Waals surface area contributed by atoms with Crippen LogP contribution in [0.4, 0.5) is 0 Å². The second kappa shape index (κ2) is 5.24. The van der Waals surface area contributed by atoms with Crippen LogP contribution in [0.2, 0.25) is 5.02 Å². The standard InChI is InChI=1S/C11H13ClN2O3S/c1-11(2,3)17-14-18(15,16)10-5-4-8(7-13)6-9(10)12/h4-6,14H,1-3H3. The van der Waals surface area contributed by atoms with Gasteiger partial charge in [-0.25, -0.2) is 8.42 Å². The SMILES string of the molecule is CC(C)(C)ONS(=O)(=O)c1ccc(C#N)cc1Cl. The Bertz CT molecular complexity index is 585. The Hall–Kier alpha value is -1.13. The molecule has 0 radical (unpaired) electrons. The van der Waals surface area contributed by atoms with Gasteiger partial charge in [0.15, 0.2) is 0 Å². The minimum Gasteiger partial charge on any atom is -0.281 e. The number of sulfonamides is 1. The van der Waals surface area contributed by atoms with E-state index in [4.69, 9.17) is 21.7 Å². The van der Waals surface area contributed by atoms with Gasteiger partial charge in [-0.3, -0.25) is 4.84 Å². The number of rotatable bonds is 3. The van der Waals surface area contributed by atoms with Gasteiger partial charge in [0.2, 0.25) is 0 Å². The molecule has 1 rings (SSSR count). The lowest BCUT2D eigenvalue weighted by molar-refractivity contribution is -0.0357. The van der Waals surface area contributed by atoms with Gasteiger partial charge in [-0.2, -0.15) is 5.26 Å². The zero-order chi connectivity index (χ0) is 14.0. The predicted octanol–water partition coefficient (Wildman–Crippen LogP) is 2.22. The maximum atomic E-state index is 11.9. The van der Waals surface area contributed by atoms with E-state index in [9.17, 15) is 8.42 Å². The van der Waals surface area contributed by atoms with Crippen LogP contribution in [0, 0.1) is 11.3 Å². The van der Waals surface area contributed by atoms with Crippen molar-refractivity contribution in [1.29, 1.82) is 5.26 Å². The average molecular weight is 289 g/mol. The summed E-state index contributed by atoms with van der Waals surface area (Å²) in [5.41, 5.74) is -0.373. The lowest BCUT2D eigenvalue weighted by atomic mass is 10.2. The van der Waals surface area contributed by atoms with Gasteiger partial charge in [0, 0.05) is 0 Å². The lowest BCUT2D eigenvalue weighted by Gasteiger charge is -2.19. The second-order valence-corrected chi connectivity index (χ2v) is 6.58. The fourth-order valence-corrected chi connectivity index (χ4v) is 2.51. The highest BCUT2D eigenvalue weighted by Gasteiger charge is 2.21. The summed E-state index contributed by atoms with van der Waals surface area (Å²) in [5.74, 6) is 0. The summed E-state index contributed by atoms with van der Waals surface area (Å²) in [4.78, 5) is 6.86. The predicted molar refractivity (Wildman–Crippen MR) is 67.3 cm³/mol. The molecule has 0 amide bonds. The van der Waals surface area contributed by atoms with Gasteiger partial charge < -0.3 is 0 Å². The first-order chi connectivity index (χ1) is 8.15. The summed E-state index contributed by atoms with van der Waals surface area (Å²) in [6.45, 7) is 5.11. The van der Waals surface area contributed by atoms with Crippen molar-refractivity contribution in [2.45, 2.75) is 31.3 Å².